The highest BCUT2D eigenvalue weighted by Gasteiger charge is 2.55. The number of rotatable bonds is 3. The fourth-order valence-corrected chi connectivity index (χ4v) is 4.74. The monoisotopic (exact) mass is 351 g/mol. The normalized spacial score (nSPS) is 27.5. The van der Waals surface area contributed by atoms with Gasteiger partial charge in [-0.3, -0.25) is 4.79 Å². The number of aromatic nitrogens is 3. The van der Waals surface area contributed by atoms with Gasteiger partial charge in [-0.05, 0) is 44.6 Å². The number of H-pyrrole nitrogens is 1. The van der Waals surface area contributed by atoms with Gasteiger partial charge in [0.2, 0.25) is 11.8 Å². The number of carbonyl (C=O) groups is 1. The van der Waals surface area contributed by atoms with Gasteiger partial charge in [0.25, 0.3) is 5.91 Å². The van der Waals surface area contributed by atoms with Crippen LogP contribution in [0.5, 0.6) is 0 Å². The number of nitrogens with one attached hydrogen (secondary N) is 1. The van der Waals surface area contributed by atoms with Crippen molar-refractivity contribution in [2.45, 2.75) is 50.4 Å². The van der Waals surface area contributed by atoms with Crippen molar-refractivity contribution in [2.24, 2.45) is 5.92 Å². The van der Waals surface area contributed by atoms with Crippen LogP contribution in [-0.4, -0.2) is 39.1 Å². The summed E-state index contributed by atoms with van der Waals surface area (Å²) in [5.74, 6) is 2.29. The highest BCUT2D eigenvalue weighted by molar-refractivity contribution is 5.96. The van der Waals surface area contributed by atoms with E-state index in [1.54, 1.807) is 6.07 Å². The second-order valence-electron chi connectivity index (χ2n) is 7.98. The first-order valence-corrected chi connectivity index (χ1v) is 9.33. The predicted octanol–water partition coefficient (Wildman–Crippen LogP) is 2.65. The molecule has 0 unspecified atom stereocenters. The minimum absolute atomic E-state index is 0.0176. The molecule has 3 aliphatic rings. The van der Waals surface area contributed by atoms with E-state index in [4.69, 9.17) is 9.68 Å². The smallest absolute Gasteiger partial charge is 0.255 e. The van der Waals surface area contributed by atoms with Crippen molar-refractivity contribution >= 4 is 5.91 Å². The lowest BCUT2D eigenvalue weighted by Gasteiger charge is -2.24. The molecular weight excluding hydrogens is 330 g/mol. The third kappa shape index (κ3) is 2.21. The summed E-state index contributed by atoms with van der Waals surface area (Å²) >= 11 is 0. The second-order valence-corrected chi connectivity index (χ2v) is 7.98. The Kier molecular flexibility index (Phi) is 3.27. The summed E-state index contributed by atoms with van der Waals surface area (Å²) in [6, 6.07) is 3.72. The Bertz CT molecular complexity index is 919. The molecule has 1 aliphatic heterocycles. The van der Waals surface area contributed by atoms with E-state index >= 15 is 0 Å². The maximum Gasteiger partial charge on any atom is 0.255 e. The lowest BCUT2D eigenvalue weighted by atomic mass is 9.80. The second kappa shape index (κ2) is 5.44. The highest BCUT2D eigenvalue weighted by Crippen LogP contribution is 2.51. The fourth-order valence-electron chi connectivity index (χ4n) is 4.74. The van der Waals surface area contributed by atoms with Crippen LogP contribution in [0.3, 0.4) is 0 Å². The molecule has 0 radical (unpaired) electrons. The number of hydrogen-bond donors (Lipinski definition) is 1. The Morgan fingerprint density at radius 3 is 3.00 bits per heavy atom. The molecule has 2 saturated carbocycles. The largest absolute Gasteiger partial charge is 0.424 e. The fraction of sp³-hybridized carbons (Fsp3) is 0.579. The Morgan fingerprint density at radius 2 is 2.27 bits per heavy atom. The third-order valence-corrected chi connectivity index (χ3v) is 6.32. The van der Waals surface area contributed by atoms with Crippen molar-refractivity contribution in [3.8, 4) is 6.07 Å². The zero-order valence-corrected chi connectivity index (χ0v) is 14.8. The number of amides is 1. The lowest BCUT2D eigenvalue weighted by Crippen LogP contribution is -2.35. The molecule has 0 bridgehead atoms. The molecule has 26 heavy (non-hydrogen) atoms. The summed E-state index contributed by atoms with van der Waals surface area (Å²) in [5, 5.41) is 17.7. The van der Waals surface area contributed by atoms with Crippen LogP contribution in [0.1, 0.15) is 71.5 Å². The summed E-state index contributed by atoms with van der Waals surface area (Å²) < 4.78 is 6.07. The van der Waals surface area contributed by atoms with Gasteiger partial charge in [-0.15, -0.1) is 10.2 Å². The Labute approximate surface area is 151 Å². The van der Waals surface area contributed by atoms with E-state index in [0.29, 0.717) is 36.2 Å². The summed E-state index contributed by atoms with van der Waals surface area (Å²) in [5.41, 5.74) is 1.55. The predicted molar refractivity (Wildman–Crippen MR) is 91.4 cm³/mol. The van der Waals surface area contributed by atoms with Crippen molar-refractivity contribution < 1.29 is 9.21 Å². The molecule has 2 aliphatic carbocycles. The molecule has 3 fully saturated rings. The first-order valence-electron chi connectivity index (χ1n) is 9.33. The number of nitrogens with zero attached hydrogens (tertiary/aromatic N) is 4. The topological polar surface area (TPSA) is 98.8 Å². The van der Waals surface area contributed by atoms with Crippen LogP contribution in [0.25, 0.3) is 0 Å². The number of aromatic amines is 1. The van der Waals surface area contributed by atoms with Crippen LogP contribution in [-0.2, 0) is 5.41 Å². The van der Waals surface area contributed by atoms with Crippen molar-refractivity contribution in [1.82, 2.24) is 20.1 Å². The van der Waals surface area contributed by atoms with Gasteiger partial charge in [-0.25, -0.2) is 0 Å². The van der Waals surface area contributed by atoms with Gasteiger partial charge in [-0.1, -0.05) is 6.42 Å². The summed E-state index contributed by atoms with van der Waals surface area (Å²) in [4.78, 5) is 17.9. The number of likely N-dealkylation sites (tertiary alicyclic amines) is 1. The van der Waals surface area contributed by atoms with Crippen molar-refractivity contribution in [2.75, 3.05) is 13.1 Å². The quantitative estimate of drug-likeness (QED) is 0.916. The molecule has 2 aromatic rings. The Balaban J connectivity index is 1.44. The van der Waals surface area contributed by atoms with Gasteiger partial charge >= 0.3 is 0 Å². The number of nitriles is 1. The average molecular weight is 351 g/mol. The van der Waals surface area contributed by atoms with Crippen LogP contribution < -0.4 is 0 Å². The lowest BCUT2D eigenvalue weighted by molar-refractivity contribution is 0.0775. The molecule has 0 aromatic carbocycles. The number of carbonyl (C=O) groups excluding carboxylic acids is 1. The van der Waals surface area contributed by atoms with Crippen molar-refractivity contribution in [3.63, 3.8) is 0 Å². The van der Waals surface area contributed by atoms with E-state index in [9.17, 15) is 4.79 Å². The zero-order valence-electron chi connectivity index (χ0n) is 14.8. The molecule has 1 saturated heterocycles. The first kappa shape index (κ1) is 15.6. The van der Waals surface area contributed by atoms with E-state index in [0.717, 1.165) is 49.6 Å². The number of fused-ring (bicyclic) bond motifs is 1. The maximum atomic E-state index is 13.1. The van der Waals surface area contributed by atoms with Gasteiger partial charge < -0.3 is 14.3 Å². The molecule has 134 valence electrons. The molecule has 7 heteroatoms. The molecular formula is C19H21N5O2. The minimum atomic E-state index is -0.196. The molecule has 1 N–H and O–H groups in total. The van der Waals surface area contributed by atoms with Crippen molar-refractivity contribution in [1.29, 1.82) is 5.26 Å². The van der Waals surface area contributed by atoms with Crippen LogP contribution >= 0.6 is 0 Å². The summed E-state index contributed by atoms with van der Waals surface area (Å²) in [6.45, 7) is 3.17. The minimum Gasteiger partial charge on any atom is -0.424 e. The molecule has 7 nitrogen and oxygen atoms in total. The first-order chi connectivity index (χ1) is 12.6. The van der Waals surface area contributed by atoms with E-state index in [-0.39, 0.29) is 11.3 Å². The third-order valence-electron chi connectivity index (χ3n) is 6.32. The summed E-state index contributed by atoms with van der Waals surface area (Å²) in [7, 11) is 0. The van der Waals surface area contributed by atoms with Crippen LogP contribution in [0.4, 0.5) is 0 Å². The molecule has 5 rings (SSSR count). The zero-order chi connectivity index (χ0) is 17.9. The SMILES string of the molecule is Cc1[nH]c(C#N)cc1C(=O)N1C[C@@H]2CCC[C@]2(c2nnc(C3CC3)o2)C1. The Hall–Kier alpha value is -2.62. The number of hydrogen-bond acceptors (Lipinski definition) is 5. The van der Waals surface area contributed by atoms with E-state index in [2.05, 4.69) is 21.3 Å². The Morgan fingerprint density at radius 1 is 1.42 bits per heavy atom. The van der Waals surface area contributed by atoms with Gasteiger partial charge in [0.1, 0.15) is 11.8 Å². The van der Waals surface area contributed by atoms with Gasteiger partial charge in [0.05, 0.1) is 11.0 Å². The van der Waals surface area contributed by atoms with Crippen LogP contribution in [0.2, 0.25) is 0 Å². The molecule has 1 amide bonds. The molecule has 2 aromatic heterocycles. The number of aryl methyl sites for hydroxylation is 1. The van der Waals surface area contributed by atoms with Gasteiger partial charge in [-0.2, -0.15) is 5.26 Å². The molecule has 3 heterocycles. The average Bonchev–Trinajstić information content (AvgIpc) is 3.01. The standard InChI is InChI=1S/C19H21N5O2/c1-11-15(7-14(8-20)21-11)17(25)24-9-13-3-2-6-19(13,10-24)18-23-22-16(26-18)12-4-5-12/h7,12-13,21H,2-6,9-10H2,1H3/t13-,19-/m0/s1. The van der Waals surface area contributed by atoms with Crippen molar-refractivity contribution in [3.05, 3.63) is 34.8 Å². The van der Waals surface area contributed by atoms with Crippen LogP contribution in [0.15, 0.2) is 10.5 Å². The maximum absolute atomic E-state index is 13.1. The highest BCUT2D eigenvalue weighted by atomic mass is 16.4. The van der Waals surface area contributed by atoms with E-state index in [1.165, 1.54) is 0 Å². The summed E-state index contributed by atoms with van der Waals surface area (Å²) in [6.07, 6.45) is 5.48. The van der Waals surface area contributed by atoms with E-state index in [1.807, 2.05) is 11.8 Å². The van der Waals surface area contributed by atoms with Gasteiger partial charge in [0.15, 0.2) is 0 Å². The van der Waals surface area contributed by atoms with Gasteiger partial charge in [0, 0.05) is 24.7 Å². The van der Waals surface area contributed by atoms with E-state index < -0.39 is 0 Å². The molecule has 0 spiro atoms. The van der Waals surface area contributed by atoms with Crippen LogP contribution in [0, 0.1) is 24.2 Å². The molecule has 2 atom stereocenters.